The highest BCUT2D eigenvalue weighted by Gasteiger charge is 2.06. The summed E-state index contributed by atoms with van der Waals surface area (Å²) in [6.45, 7) is 2.94. The molecule has 130 valence electrons. The largest absolute Gasteiger partial charge is 0.357 e. The van der Waals surface area contributed by atoms with E-state index in [-0.39, 0.29) is 42.0 Å². The molecule has 0 heterocycles. The number of benzene rings is 1. The van der Waals surface area contributed by atoms with Crippen LogP contribution in [0.5, 0.6) is 0 Å². The Hall–Kier alpha value is -1.45. The number of nitrogens with zero attached hydrogens (tertiary/aromatic N) is 2. The van der Waals surface area contributed by atoms with Crippen molar-refractivity contribution in [3.05, 3.63) is 35.4 Å². The van der Waals surface area contributed by atoms with E-state index >= 15 is 0 Å². The minimum atomic E-state index is -0.499. The van der Waals surface area contributed by atoms with Gasteiger partial charge in [-0.1, -0.05) is 0 Å². The smallest absolute Gasteiger partial charge is 0.223 e. The normalized spacial score (nSPS) is 10.7. The van der Waals surface area contributed by atoms with Gasteiger partial charge in [0, 0.05) is 39.2 Å². The second-order valence-electron chi connectivity index (χ2n) is 4.90. The quantitative estimate of drug-likeness (QED) is 0.405. The molecule has 0 radical (unpaired) electrons. The number of aliphatic imine (C=N–C) groups is 1. The molecule has 0 fully saturated rings. The molecule has 1 amide bonds. The molecule has 0 aliphatic heterocycles. The molecule has 5 nitrogen and oxygen atoms in total. The molecule has 1 rings (SSSR count). The molecule has 0 saturated carbocycles. The maximum Gasteiger partial charge on any atom is 0.223 e. The van der Waals surface area contributed by atoms with Crippen molar-refractivity contribution >= 4 is 35.8 Å². The SMILES string of the molecule is CCNC(=NCc1cc(F)ccc1F)NCCC(=O)N(C)C.I. The van der Waals surface area contributed by atoms with Gasteiger partial charge in [0.2, 0.25) is 5.91 Å². The molecule has 8 heteroatoms. The molecule has 0 atom stereocenters. The second-order valence-corrected chi connectivity index (χ2v) is 4.90. The third kappa shape index (κ3) is 8.10. The maximum atomic E-state index is 13.5. The number of hydrogen-bond donors (Lipinski definition) is 2. The summed E-state index contributed by atoms with van der Waals surface area (Å²) >= 11 is 0. The Morgan fingerprint density at radius 3 is 2.57 bits per heavy atom. The molecule has 0 aliphatic carbocycles. The third-order valence-corrected chi connectivity index (χ3v) is 2.89. The highest BCUT2D eigenvalue weighted by atomic mass is 127. The molecule has 0 unspecified atom stereocenters. The summed E-state index contributed by atoms with van der Waals surface area (Å²) in [5.41, 5.74) is 0.182. The van der Waals surface area contributed by atoms with Crippen molar-refractivity contribution in [1.82, 2.24) is 15.5 Å². The Balaban J connectivity index is 0.00000484. The maximum absolute atomic E-state index is 13.5. The van der Waals surface area contributed by atoms with Crippen molar-refractivity contribution in [2.45, 2.75) is 19.9 Å². The first-order chi connectivity index (χ1) is 10.4. The number of rotatable bonds is 6. The Morgan fingerprint density at radius 1 is 1.26 bits per heavy atom. The molecule has 0 aliphatic rings. The van der Waals surface area contributed by atoms with Gasteiger partial charge in [-0.25, -0.2) is 13.8 Å². The predicted octanol–water partition coefficient (Wildman–Crippen LogP) is 2.12. The van der Waals surface area contributed by atoms with Crippen LogP contribution in [-0.2, 0) is 11.3 Å². The topological polar surface area (TPSA) is 56.7 Å². The van der Waals surface area contributed by atoms with E-state index in [0.717, 1.165) is 18.2 Å². The number of nitrogens with one attached hydrogen (secondary N) is 2. The Kier molecular flexibility index (Phi) is 10.4. The first kappa shape index (κ1) is 21.6. The van der Waals surface area contributed by atoms with Crippen LogP contribution in [0.15, 0.2) is 23.2 Å². The number of hydrogen-bond acceptors (Lipinski definition) is 2. The Bertz CT molecular complexity index is 538. The lowest BCUT2D eigenvalue weighted by Crippen LogP contribution is -2.39. The molecule has 0 spiro atoms. The van der Waals surface area contributed by atoms with Gasteiger partial charge in [0.1, 0.15) is 11.6 Å². The average molecular weight is 440 g/mol. The minimum absolute atomic E-state index is 0. The standard InChI is InChI=1S/C15H22F2N4O.HI/c1-4-18-15(19-8-7-14(22)21(2)3)20-10-11-9-12(16)5-6-13(11)17;/h5-6,9H,4,7-8,10H2,1-3H3,(H2,18,19,20);1H. The Labute approximate surface area is 152 Å². The van der Waals surface area contributed by atoms with Crippen molar-refractivity contribution in [1.29, 1.82) is 0 Å². The highest BCUT2D eigenvalue weighted by molar-refractivity contribution is 14.0. The average Bonchev–Trinajstić information content (AvgIpc) is 2.47. The van der Waals surface area contributed by atoms with E-state index in [9.17, 15) is 13.6 Å². The van der Waals surface area contributed by atoms with Gasteiger partial charge in [0.05, 0.1) is 6.54 Å². The molecule has 2 N–H and O–H groups in total. The van der Waals surface area contributed by atoms with Crippen LogP contribution in [0, 0.1) is 11.6 Å². The number of amides is 1. The number of carbonyl (C=O) groups is 1. The van der Waals surface area contributed by atoms with Gasteiger partial charge in [-0.15, -0.1) is 24.0 Å². The first-order valence-electron chi connectivity index (χ1n) is 7.10. The zero-order valence-electron chi connectivity index (χ0n) is 13.5. The predicted molar refractivity (Wildman–Crippen MR) is 97.9 cm³/mol. The van der Waals surface area contributed by atoms with Gasteiger partial charge in [-0.05, 0) is 25.1 Å². The minimum Gasteiger partial charge on any atom is -0.357 e. The van der Waals surface area contributed by atoms with Crippen molar-refractivity contribution in [3.8, 4) is 0 Å². The van der Waals surface area contributed by atoms with Crippen LogP contribution in [0.4, 0.5) is 8.78 Å². The fourth-order valence-electron chi connectivity index (χ4n) is 1.68. The third-order valence-electron chi connectivity index (χ3n) is 2.89. The number of carbonyl (C=O) groups excluding carboxylic acids is 1. The van der Waals surface area contributed by atoms with Crippen molar-refractivity contribution in [2.75, 3.05) is 27.2 Å². The first-order valence-corrected chi connectivity index (χ1v) is 7.10. The summed E-state index contributed by atoms with van der Waals surface area (Å²) in [5, 5.41) is 5.97. The van der Waals surface area contributed by atoms with E-state index in [4.69, 9.17) is 0 Å². The lowest BCUT2D eigenvalue weighted by atomic mass is 10.2. The van der Waals surface area contributed by atoms with Crippen LogP contribution in [0.25, 0.3) is 0 Å². The summed E-state index contributed by atoms with van der Waals surface area (Å²) in [5.74, 6) is -0.540. The Morgan fingerprint density at radius 2 is 1.96 bits per heavy atom. The molecule has 0 saturated heterocycles. The fraction of sp³-hybridized carbons (Fsp3) is 0.467. The highest BCUT2D eigenvalue weighted by Crippen LogP contribution is 2.10. The van der Waals surface area contributed by atoms with Crippen molar-refractivity contribution < 1.29 is 13.6 Å². The lowest BCUT2D eigenvalue weighted by molar-refractivity contribution is -0.128. The van der Waals surface area contributed by atoms with Crippen LogP contribution in [0.1, 0.15) is 18.9 Å². The van der Waals surface area contributed by atoms with Gasteiger partial charge < -0.3 is 15.5 Å². The molecular formula is C15H23F2IN4O. The summed E-state index contributed by atoms with van der Waals surface area (Å²) in [6.07, 6.45) is 0.325. The summed E-state index contributed by atoms with van der Waals surface area (Å²) in [7, 11) is 3.38. The van der Waals surface area contributed by atoms with Crippen LogP contribution in [0.2, 0.25) is 0 Å². The lowest BCUT2D eigenvalue weighted by Gasteiger charge is -2.13. The molecule has 1 aromatic rings. The second kappa shape index (κ2) is 11.1. The molecule has 0 aromatic heterocycles. The van der Waals surface area contributed by atoms with E-state index in [1.807, 2.05) is 6.92 Å². The van der Waals surface area contributed by atoms with Crippen LogP contribution in [0.3, 0.4) is 0 Å². The summed E-state index contributed by atoms with van der Waals surface area (Å²) < 4.78 is 26.6. The molecule has 0 bridgehead atoms. The van der Waals surface area contributed by atoms with Gasteiger partial charge in [-0.3, -0.25) is 4.79 Å². The fourth-order valence-corrected chi connectivity index (χ4v) is 1.68. The van der Waals surface area contributed by atoms with Gasteiger partial charge in [-0.2, -0.15) is 0 Å². The zero-order chi connectivity index (χ0) is 16.5. The molecular weight excluding hydrogens is 417 g/mol. The summed E-state index contributed by atoms with van der Waals surface area (Å²) in [6, 6.07) is 3.27. The van der Waals surface area contributed by atoms with Gasteiger partial charge in [0.15, 0.2) is 5.96 Å². The van der Waals surface area contributed by atoms with Crippen LogP contribution < -0.4 is 10.6 Å². The summed E-state index contributed by atoms with van der Waals surface area (Å²) in [4.78, 5) is 17.2. The molecule has 23 heavy (non-hydrogen) atoms. The zero-order valence-corrected chi connectivity index (χ0v) is 15.9. The number of guanidine groups is 1. The molecule has 1 aromatic carbocycles. The number of halogens is 3. The van der Waals surface area contributed by atoms with Gasteiger partial charge in [0.25, 0.3) is 0 Å². The van der Waals surface area contributed by atoms with E-state index in [1.54, 1.807) is 14.1 Å². The van der Waals surface area contributed by atoms with Crippen LogP contribution >= 0.6 is 24.0 Å². The van der Waals surface area contributed by atoms with E-state index in [2.05, 4.69) is 15.6 Å². The van der Waals surface area contributed by atoms with E-state index in [1.165, 1.54) is 4.90 Å². The van der Waals surface area contributed by atoms with Crippen molar-refractivity contribution in [3.63, 3.8) is 0 Å². The van der Waals surface area contributed by atoms with Crippen LogP contribution in [-0.4, -0.2) is 44.0 Å². The monoisotopic (exact) mass is 440 g/mol. The van der Waals surface area contributed by atoms with Gasteiger partial charge >= 0.3 is 0 Å². The van der Waals surface area contributed by atoms with Crippen molar-refractivity contribution in [2.24, 2.45) is 4.99 Å². The van der Waals surface area contributed by atoms with E-state index < -0.39 is 11.6 Å². The van der Waals surface area contributed by atoms with E-state index in [0.29, 0.717) is 25.5 Å².